The highest BCUT2D eigenvalue weighted by molar-refractivity contribution is 6.30. The molecule has 1 heterocycles. The predicted molar refractivity (Wildman–Crippen MR) is 95.5 cm³/mol. The number of benzene rings is 1. The lowest BCUT2D eigenvalue weighted by Crippen LogP contribution is -2.54. The molecule has 1 aliphatic rings. The van der Waals surface area contributed by atoms with Crippen LogP contribution >= 0.6 is 11.6 Å². The number of halogens is 1. The second kappa shape index (κ2) is 7.20. The molecule has 2 rings (SSSR count). The Balaban J connectivity index is 1.96. The smallest absolute Gasteiger partial charge is 0.236 e. The van der Waals surface area contributed by atoms with Crippen molar-refractivity contribution < 1.29 is 4.79 Å². The zero-order chi connectivity index (χ0) is 17.2. The van der Waals surface area contributed by atoms with Crippen molar-refractivity contribution in [2.45, 2.75) is 39.3 Å². The van der Waals surface area contributed by atoms with E-state index in [2.05, 4.69) is 18.7 Å². The van der Waals surface area contributed by atoms with Crippen molar-refractivity contribution in [1.29, 1.82) is 0 Å². The summed E-state index contributed by atoms with van der Waals surface area (Å²) in [7, 11) is 1.86. The van der Waals surface area contributed by atoms with Crippen molar-refractivity contribution in [2.24, 2.45) is 11.1 Å². The van der Waals surface area contributed by atoms with E-state index < -0.39 is 0 Å². The summed E-state index contributed by atoms with van der Waals surface area (Å²) in [5, 5.41) is 0.710. The minimum Gasteiger partial charge on any atom is -0.338 e. The molecule has 0 aromatic heterocycles. The molecule has 5 heteroatoms. The van der Waals surface area contributed by atoms with Gasteiger partial charge in [-0.2, -0.15) is 0 Å². The predicted octanol–water partition coefficient (Wildman–Crippen LogP) is 2.92. The van der Waals surface area contributed by atoms with Crippen LogP contribution in [0.1, 0.15) is 38.8 Å². The molecule has 1 amide bonds. The fraction of sp³-hybridized carbons (Fsp3) is 0.611. The summed E-state index contributed by atoms with van der Waals surface area (Å²) in [6, 6.07) is 7.90. The van der Waals surface area contributed by atoms with E-state index in [9.17, 15) is 4.79 Å². The van der Waals surface area contributed by atoms with Crippen LogP contribution in [0.2, 0.25) is 5.02 Å². The number of hydrogen-bond acceptors (Lipinski definition) is 3. The molecule has 1 aromatic rings. The molecule has 1 fully saturated rings. The number of nitrogens with zero attached hydrogens (tertiary/aromatic N) is 2. The highest BCUT2D eigenvalue weighted by Gasteiger charge is 2.34. The maximum Gasteiger partial charge on any atom is 0.236 e. The first-order valence-electron chi connectivity index (χ1n) is 8.20. The van der Waals surface area contributed by atoms with Gasteiger partial charge in [0.05, 0.1) is 12.6 Å². The zero-order valence-corrected chi connectivity index (χ0v) is 15.3. The largest absolute Gasteiger partial charge is 0.338 e. The summed E-state index contributed by atoms with van der Waals surface area (Å²) < 4.78 is 0. The number of amides is 1. The van der Waals surface area contributed by atoms with Gasteiger partial charge in [0.1, 0.15) is 0 Å². The number of rotatable bonds is 4. The maximum absolute atomic E-state index is 12.6. The molecule has 0 aliphatic carbocycles. The van der Waals surface area contributed by atoms with Gasteiger partial charge in [-0.05, 0) is 36.5 Å². The van der Waals surface area contributed by atoms with Gasteiger partial charge in [-0.1, -0.05) is 37.6 Å². The van der Waals surface area contributed by atoms with Crippen LogP contribution in [-0.2, 0) is 4.79 Å². The molecular weight excluding hydrogens is 310 g/mol. The quantitative estimate of drug-likeness (QED) is 0.919. The Morgan fingerprint density at radius 3 is 2.61 bits per heavy atom. The Morgan fingerprint density at radius 1 is 1.43 bits per heavy atom. The summed E-state index contributed by atoms with van der Waals surface area (Å²) in [4.78, 5) is 16.6. The van der Waals surface area contributed by atoms with Gasteiger partial charge < -0.3 is 10.6 Å². The molecule has 1 aliphatic heterocycles. The Kier molecular flexibility index (Phi) is 5.71. The minimum atomic E-state index is 0.0276. The molecule has 1 saturated heterocycles. The Labute approximate surface area is 144 Å². The topological polar surface area (TPSA) is 49.6 Å². The molecule has 0 saturated carbocycles. The highest BCUT2D eigenvalue weighted by Crippen LogP contribution is 2.28. The van der Waals surface area contributed by atoms with E-state index in [0.29, 0.717) is 11.6 Å². The second-order valence-corrected chi connectivity index (χ2v) is 7.76. The fourth-order valence-corrected chi connectivity index (χ4v) is 3.23. The van der Waals surface area contributed by atoms with E-state index in [-0.39, 0.29) is 23.4 Å². The lowest BCUT2D eigenvalue weighted by Gasteiger charge is -2.42. The first kappa shape index (κ1) is 18.2. The van der Waals surface area contributed by atoms with Crippen LogP contribution in [0.25, 0.3) is 0 Å². The normalized spacial score (nSPS) is 22.6. The standard InChI is InChI=1S/C18H28ClN3O/c1-13(14-5-7-15(19)8-6-14)21(4)17(23)11-22-10-9-16(20)18(2,3)12-22/h5-8,13,16H,9-12,20H2,1-4H3. The summed E-state index contributed by atoms with van der Waals surface area (Å²) in [5.41, 5.74) is 7.31. The molecule has 2 atom stereocenters. The molecule has 128 valence electrons. The third-order valence-corrected chi connectivity index (χ3v) is 5.33. The van der Waals surface area contributed by atoms with Crippen molar-refractivity contribution >= 4 is 17.5 Å². The lowest BCUT2D eigenvalue weighted by atomic mass is 9.80. The van der Waals surface area contributed by atoms with Crippen molar-refractivity contribution in [1.82, 2.24) is 9.80 Å². The first-order valence-corrected chi connectivity index (χ1v) is 8.57. The van der Waals surface area contributed by atoms with Crippen LogP contribution in [-0.4, -0.2) is 48.4 Å². The number of piperidine rings is 1. The van der Waals surface area contributed by atoms with Crippen LogP contribution in [0, 0.1) is 5.41 Å². The van der Waals surface area contributed by atoms with E-state index in [0.717, 1.165) is 25.1 Å². The molecule has 1 aromatic carbocycles. The van der Waals surface area contributed by atoms with Gasteiger partial charge in [0.2, 0.25) is 5.91 Å². The third-order valence-electron chi connectivity index (χ3n) is 5.08. The monoisotopic (exact) mass is 337 g/mol. The molecular formula is C18H28ClN3O. The number of carbonyl (C=O) groups is 1. The van der Waals surface area contributed by atoms with Crippen LogP contribution in [0.4, 0.5) is 0 Å². The number of carbonyl (C=O) groups excluding carboxylic acids is 1. The molecule has 0 radical (unpaired) electrons. The summed E-state index contributed by atoms with van der Waals surface area (Å²) in [6.07, 6.45) is 0.941. The van der Waals surface area contributed by atoms with Crippen LogP contribution < -0.4 is 5.73 Å². The average molecular weight is 338 g/mol. The van der Waals surface area contributed by atoms with Gasteiger partial charge in [0.15, 0.2) is 0 Å². The van der Waals surface area contributed by atoms with Crippen LogP contribution in [0.3, 0.4) is 0 Å². The Morgan fingerprint density at radius 2 is 2.04 bits per heavy atom. The van der Waals surface area contributed by atoms with Gasteiger partial charge in [-0.3, -0.25) is 9.69 Å². The summed E-state index contributed by atoms with van der Waals surface area (Å²) >= 11 is 5.93. The maximum atomic E-state index is 12.6. The SMILES string of the molecule is CC(c1ccc(Cl)cc1)N(C)C(=O)CN1CCC(N)C(C)(C)C1. The number of nitrogens with two attached hydrogens (primary N) is 1. The molecule has 2 unspecified atom stereocenters. The lowest BCUT2D eigenvalue weighted by molar-refractivity contribution is -0.133. The number of hydrogen-bond donors (Lipinski definition) is 1. The van der Waals surface area contributed by atoms with Crippen molar-refractivity contribution in [3.8, 4) is 0 Å². The van der Waals surface area contributed by atoms with E-state index in [1.807, 2.05) is 43.1 Å². The minimum absolute atomic E-state index is 0.0276. The Bertz CT molecular complexity index is 544. The molecule has 0 bridgehead atoms. The molecule has 0 spiro atoms. The van der Waals surface area contributed by atoms with Gasteiger partial charge >= 0.3 is 0 Å². The van der Waals surface area contributed by atoms with Crippen LogP contribution in [0.5, 0.6) is 0 Å². The summed E-state index contributed by atoms with van der Waals surface area (Å²) in [5.74, 6) is 0.138. The third kappa shape index (κ3) is 4.46. The van der Waals surface area contributed by atoms with Crippen molar-refractivity contribution in [3.63, 3.8) is 0 Å². The highest BCUT2D eigenvalue weighted by atomic mass is 35.5. The van der Waals surface area contributed by atoms with Gasteiger partial charge in [0, 0.05) is 31.2 Å². The average Bonchev–Trinajstić information content (AvgIpc) is 2.50. The van der Waals surface area contributed by atoms with Crippen LogP contribution in [0.15, 0.2) is 24.3 Å². The van der Waals surface area contributed by atoms with E-state index in [4.69, 9.17) is 17.3 Å². The molecule has 2 N–H and O–H groups in total. The first-order chi connectivity index (χ1) is 10.7. The van der Waals surface area contributed by atoms with E-state index in [1.165, 1.54) is 0 Å². The van der Waals surface area contributed by atoms with Gasteiger partial charge in [0.25, 0.3) is 0 Å². The van der Waals surface area contributed by atoms with Crippen molar-refractivity contribution in [3.05, 3.63) is 34.9 Å². The summed E-state index contributed by atoms with van der Waals surface area (Å²) in [6.45, 7) is 8.59. The van der Waals surface area contributed by atoms with E-state index >= 15 is 0 Å². The van der Waals surface area contributed by atoms with Gasteiger partial charge in [-0.25, -0.2) is 0 Å². The second-order valence-electron chi connectivity index (χ2n) is 7.33. The molecule has 23 heavy (non-hydrogen) atoms. The van der Waals surface area contributed by atoms with Crippen molar-refractivity contribution in [2.75, 3.05) is 26.7 Å². The fourth-order valence-electron chi connectivity index (χ4n) is 3.10. The number of likely N-dealkylation sites (tertiary alicyclic amines) is 1. The van der Waals surface area contributed by atoms with E-state index in [1.54, 1.807) is 0 Å². The molecule has 4 nitrogen and oxygen atoms in total. The zero-order valence-electron chi connectivity index (χ0n) is 14.6. The number of likely N-dealkylation sites (N-methyl/N-ethyl adjacent to an activating group) is 1. The van der Waals surface area contributed by atoms with Gasteiger partial charge in [-0.15, -0.1) is 0 Å². The Hall–Kier alpha value is -1.10.